The van der Waals surface area contributed by atoms with Crippen LogP contribution in [0, 0.1) is 0 Å². The van der Waals surface area contributed by atoms with Crippen LogP contribution >= 0.6 is 11.6 Å². The molecule has 0 saturated carbocycles. The van der Waals surface area contributed by atoms with Gasteiger partial charge in [-0.1, -0.05) is 48.0 Å². The second kappa shape index (κ2) is 10.2. The SMILES string of the molecule is CN1CCCC1CCNC(=O)c1nnc(N2CCN(c3ccccc3Cl)CC2)c2ccccc12. The number of nitrogens with one attached hydrogen (secondary N) is 1. The first kappa shape index (κ1) is 22.9. The lowest BCUT2D eigenvalue weighted by molar-refractivity contribution is 0.0946. The van der Waals surface area contributed by atoms with E-state index >= 15 is 0 Å². The van der Waals surface area contributed by atoms with Gasteiger partial charge in [-0.25, -0.2) is 0 Å². The molecule has 2 aromatic carbocycles. The van der Waals surface area contributed by atoms with Crippen molar-refractivity contribution in [3.63, 3.8) is 0 Å². The molecule has 3 heterocycles. The third-order valence-corrected chi connectivity index (χ3v) is 7.41. The molecule has 1 amide bonds. The van der Waals surface area contributed by atoms with Crippen molar-refractivity contribution in [2.45, 2.75) is 25.3 Å². The highest BCUT2D eigenvalue weighted by atomic mass is 35.5. The number of hydrogen-bond acceptors (Lipinski definition) is 6. The van der Waals surface area contributed by atoms with Crippen LogP contribution in [0.1, 0.15) is 29.8 Å². The van der Waals surface area contributed by atoms with Crippen molar-refractivity contribution in [2.24, 2.45) is 0 Å². The van der Waals surface area contributed by atoms with Gasteiger partial charge in [-0.05, 0) is 45.0 Å². The lowest BCUT2D eigenvalue weighted by Crippen LogP contribution is -2.47. The summed E-state index contributed by atoms with van der Waals surface area (Å²) in [7, 11) is 2.16. The zero-order chi connectivity index (χ0) is 23.5. The van der Waals surface area contributed by atoms with Crippen molar-refractivity contribution in [1.82, 2.24) is 20.4 Å². The predicted molar refractivity (Wildman–Crippen MR) is 138 cm³/mol. The van der Waals surface area contributed by atoms with Gasteiger partial charge in [0.05, 0.1) is 10.7 Å². The zero-order valence-electron chi connectivity index (χ0n) is 19.6. The van der Waals surface area contributed by atoms with Gasteiger partial charge in [-0.15, -0.1) is 10.2 Å². The molecule has 0 aliphatic carbocycles. The molecule has 8 heteroatoms. The number of halogens is 1. The fourth-order valence-corrected chi connectivity index (χ4v) is 5.39. The maximum absolute atomic E-state index is 13.0. The van der Waals surface area contributed by atoms with E-state index in [1.54, 1.807) is 0 Å². The van der Waals surface area contributed by atoms with Crippen molar-refractivity contribution in [3.8, 4) is 0 Å². The Morgan fingerprint density at radius 3 is 2.41 bits per heavy atom. The number of likely N-dealkylation sites (tertiary alicyclic amines) is 1. The Morgan fingerprint density at radius 1 is 0.971 bits per heavy atom. The Balaban J connectivity index is 1.29. The molecule has 5 rings (SSSR count). The molecule has 1 unspecified atom stereocenters. The average molecular weight is 479 g/mol. The molecule has 34 heavy (non-hydrogen) atoms. The van der Waals surface area contributed by atoms with Crippen LogP contribution in [0.5, 0.6) is 0 Å². The molecule has 2 fully saturated rings. The number of aromatic nitrogens is 2. The minimum atomic E-state index is -0.153. The Bertz CT molecular complexity index is 1160. The smallest absolute Gasteiger partial charge is 0.272 e. The van der Waals surface area contributed by atoms with Crippen LogP contribution in [0.15, 0.2) is 48.5 Å². The van der Waals surface area contributed by atoms with Gasteiger partial charge in [0.1, 0.15) is 0 Å². The fourth-order valence-electron chi connectivity index (χ4n) is 5.14. The number of carbonyl (C=O) groups excluding carboxylic acids is 1. The van der Waals surface area contributed by atoms with E-state index in [0.29, 0.717) is 18.3 Å². The highest BCUT2D eigenvalue weighted by molar-refractivity contribution is 6.33. The summed E-state index contributed by atoms with van der Waals surface area (Å²) in [5.41, 5.74) is 1.46. The predicted octanol–water partition coefficient (Wildman–Crippen LogP) is 3.82. The maximum Gasteiger partial charge on any atom is 0.272 e. The second-order valence-corrected chi connectivity index (χ2v) is 9.57. The Kier molecular flexibility index (Phi) is 6.83. The van der Waals surface area contributed by atoms with E-state index in [1.165, 1.54) is 12.8 Å². The van der Waals surface area contributed by atoms with E-state index in [0.717, 1.165) is 66.4 Å². The molecule has 0 radical (unpaired) electrons. The molecule has 2 aliphatic heterocycles. The van der Waals surface area contributed by atoms with Gasteiger partial charge in [-0.3, -0.25) is 4.79 Å². The highest BCUT2D eigenvalue weighted by Crippen LogP contribution is 2.30. The Hall–Kier alpha value is -2.90. The monoisotopic (exact) mass is 478 g/mol. The summed E-state index contributed by atoms with van der Waals surface area (Å²) < 4.78 is 0. The van der Waals surface area contributed by atoms with Gasteiger partial charge in [0.25, 0.3) is 5.91 Å². The normalized spacial score (nSPS) is 19.1. The molecule has 2 saturated heterocycles. The van der Waals surface area contributed by atoms with Gasteiger partial charge in [-0.2, -0.15) is 0 Å². The first-order valence-electron chi connectivity index (χ1n) is 12.1. The van der Waals surface area contributed by atoms with Crippen LogP contribution in [0.2, 0.25) is 5.02 Å². The molecule has 0 spiro atoms. The first-order chi connectivity index (χ1) is 16.6. The number of carbonyl (C=O) groups is 1. The minimum absolute atomic E-state index is 0.153. The number of anilines is 2. The third-order valence-electron chi connectivity index (χ3n) is 7.09. The molecular formula is C26H31ClN6O. The van der Waals surface area contributed by atoms with Crippen molar-refractivity contribution in [2.75, 3.05) is 56.1 Å². The Labute approximate surface area is 205 Å². The van der Waals surface area contributed by atoms with Crippen molar-refractivity contribution >= 4 is 39.8 Å². The molecular weight excluding hydrogens is 448 g/mol. The number of hydrogen-bond donors (Lipinski definition) is 1. The van der Waals surface area contributed by atoms with Crippen molar-refractivity contribution in [3.05, 3.63) is 59.2 Å². The highest BCUT2D eigenvalue weighted by Gasteiger charge is 2.24. The number of para-hydroxylation sites is 1. The molecule has 0 bridgehead atoms. The molecule has 1 N–H and O–H groups in total. The number of amides is 1. The minimum Gasteiger partial charge on any atom is -0.367 e. The standard InChI is InChI=1S/C26H31ClN6O/c1-31-14-6-7-19(31)12-13-28-26(34)24-20-8-2-3-9-21(20)25(30-29-24)33-17-15-32(16-18-33)23-11-5-4-10-22(23)27/h2-5,8-11,19H,6-7,12-18H2,1H3,(H,28,34). The van der Waals surface area contributed by atoms with Crippen LogP contribution in [-0.4, -0.2) is 73.4 Å². The summed E-state index contributed by atoms with van der Waals surface area (Å²) in [4.78, 5) is 19.9. The van der Waals surface area contributed by atoms with Gasteiger partial charge in [0.15, 0.2) is 11.5 Å². The van der Waals surface area contributed by atoms with Crippen LogP contribution < -0.4 is 15.1 Å². The van der Waals surface area contributed by atoms with Gasteiger partial charge in [0.2, 0.25) is 0 Å². The molecule has 3 aromatic rings. The zero-order valence-corrected chi connectivity index (χ0v) is 20.3. The Morgan fingerprint density at radius 2 is 1.68 bits per heavy atom. The number of fused-ring (bicyclic) bond motifs is 1. The van der Waals surface area contributed by atoms with Crippen LogP contribution in [0.3, 0.4) is 0 Å². The van der Waals surface area contributed by atoms with E-state index < -0.39 is 0 Å². The quantitative estimate of drug-likeness (QED) is 0.581. The lowest BCUT2D eigenvalue weighted by Gasteiger charge is -2.37. The van der Waals surface area contributed by atoms with E-state index in [1.807, 2.05) is 42.5 Å². The molecule has 1 aromatic heterocycles. The van der Waals surface area contributed by atoms with E-state index in [9.17, 15) is 4.79 Å². The summed E-state index contributed by atoms with van der Waals surface area (Å²) in [6, 6.07) is 16.4. The lowest BCUT2D eigenvalue weighted by atomic mass is 10.1. The molecule has 7 nitrogen and oxygen atoms in total. The number of rotatable bonds is 6. The summed E-state index contributed by atoms with van der Waals surface area (Å²) in [5, 5.41) is 14.6. The summed E-state index contributed by atoms with van der Waals surface area (Å²) in [5.74, 6) is 0.679. The van der Waals surface area contributed by atoms with Gasteiger partial charge < -0.3 is 20.0 Å². The average Bonchev–Trinajstić information content (AvgIpc) is 3.28. The second-order valence-electron chi connectivity index (χ2n) is 9.16. The van der Waals surface area contributed by atoms with Crippen LogP contribution in [0.25, 0.3) is 10.8 Å². The summed E-state index contributed by atoms with van der Waals surface area (Å²) in [6.45, 7) is 5.10. The van der Waals surface area contributed by atoms with Crippen molar-refractivity contribution in [1.29, 1.82) is 0 Å². The topological polar surface area (TPSA) is 64.6 Å². The third kappa shape index (κ3) is 4.68. The first-order valence-corrected chi connectivity index (χ1v) is 12.5. The van der Waals surface area contributed by atoms with Crippen LogP contribution in [-0.2, 0) is 0 Å². The largest absolute Gasteiger partial charge is 0.367 e. The van der Waals surface area contributed by atoms with E-state index in [-0.39, 0.29) is 5.91 Å². The van der Waals surface area contributed by atoms with Gasteiger partial charge >= 0.3 is 0 Å². The number of nitrogens with zero attached hydrogens (tertiary/aromatic N) is 5. The van der Waals surface area contributed by atoms with Crippen molar-refractivity contribution < 1.29 is 4.79 Å². The van der Waals surface area contributed by atoms with Gasteiger partial charge in [0, 0.05) is 49.5 Å². The molecule has 2 aliphatic rings. The fraction of sp³-hybridized carbons (Fsp3) is 0.423. The summed E-state index contributed by atoms with van der Waals surface area (Å²) in [6.07, 6.45) is 3.40. The number of piperazine rings is 1. The molecule has 178 valence electrons. The van der Waals surface area contributed by atoms with E-state index in [2.05, 4.69) is 43.3 Å². The molecule has 1 atom stereocenters. The maximum atomic E-state index is 13.0. The van der Waals surface area contributed by atoms with E-state index in [4.69, 9.17) is 11.6 Å². The number of benzene rings is 2. The summed E-state index contributed by atoms with van der Waals surface area (Å²) >= 11 is 6.40. The van der Waals surface area contributed by atoms with Crippen LogP contribution in [0.4, 0.5) is 11.5 Å².